The minimum absolute atomic E-state index is 0.00272. The summed E-state index contributed by atoms with van der Waals surface area (Å²) >= 11 is 0. The molecule has 1 N–H and O–H groups in total. The molecule has 3 saturated heterocycles. The van der Waals surface area contributed by atoms with Crippen molar-refractivity contribution in [3.05, 3.63) is 65.2 Å². The van der Waals surface area contributed by atoms with Crippen molar-refractivity contribution < 1.29 is 13.2 Å². The van der Waals surface area contributed by atoms with E-state index in [0.717, 1.165) is 24.1 Å². The van der Waals surface area contributed by atoms with Crippen LogP contribution in [-0.2, 0) is 16.3 Å². The summed E-state index contributed by atoms with van der Waals surface area (Å²) in [5.41, 5.74) is 3.28. The van der Waals surface area contributed by atoms with Crippen molar-refractivity contribution in [1.82, 2.24) is 15.1 Å². The van der Waals surface area contributed by atoms with E-state index in [-0.39, 0.29) is 17.6 Å². The summed E-state index contributed by atoms with van der Waals surface area (Å²) < 4.78 is 23.8. The molecule has 1 saturated carbocycles. The van der Waals surface area contributed by atoms with E-state index in [0.29, 0.717) is 23.4 Å². The summed E-state index contributed by atoms with van der Waals surface area (Å²) in [5.74, 6) is 0.607. The number of hydrogen-bond donors (Lipinski definition) is 1. The average molecular weight is 438 g/mol. The molecule has 4 fully saturated rings. The Bertz CT molecular complexity index is 1150. The molecule has 4 bridgehead atoms. The van der Waals surface area contributed by atoms with Crippen LogP contribution in [0.1, 0.15) is 35.6 Å². The van der Waals surface area contributed by atoms with Crippen LogP contribution in [0.25, 0.3) is 0 Å². The zero-order valence-corrected chi connectivity index (χ0v) is 18.4. The summed E-state index contributed by atoms with van der Waals surface area (Å²) in [5, 5.41) is 3.45. The maximum Gasteiger partial charge on any atom is 0.318 e. The minimum atomic E-state index is -3.26. The monoisotopic (exact) mass is 437 g/mol. The van der Waals surface area contributed by atoms with Gasteiger partial charge in [-0.2, -0.15) is 0 Å². The number of rotatable bonds is 3. The Hall–Kier alpha value is -2.38. The molecule has 0 radical (unpaired) electrons. The van der Waals surface area contributed by atoms with Gasteiger partial charge in [-0.05, 0) is 60.5 Å². The SMILES string of the molecule is CS(=O)(=O)c1ccc([C@H]2c3ccccc3CCN2C(=O)N[C@@]23CN4CCC2CC43)cc1. The molecule has 6 nitrogen and oxygen atoms in total. The third-order valence-electron chi connectivity index (χ3n) is 8.01. The van der Waals surface area contributed by atoms with E-state index in [4.69, 9.17) is 0 Å². The number of piperidine rings is 4. The summed E-state index contributed by atoms with van der Waals surface area (Å²) in [6.07, 6.45) is 4.43. The second kappa shape index (κ2) is 6.56. The molecule has 2 aromatic carbocycles. The fraction of sp³-hybridized carbons (Fsp3) is 0.458. The fourth-order valence-electron chi connectivity index (χ4n) is 6.31. The maximum atomic E-state index is 13.6. The molecule has 0 aromatic heterocycles. The standard InChI is InChI=1S/C24H27N3O3S/c1-31(29,30)19-8-6-17(7-9-19)22-20-5-3-2-4-16(20)10-13-27(22)23(28)25-24-15-26-12-11-18(24)14-21(24)26/h2-9,18,21-22H,10-15H2,1H3,(H,25,28)/t18?,21?,22-,24-/m0/s1. The number of sulfone groups is 1. The molecule has 5 atom stereocenters. The van der Waals surface area contributed by atoms with Crippen LogP contribution in [0.4, 0.5) is 4.79 Å². The lowest BCUT2D eigenvalue weighted by Gasteiger charge is -2.73. The van der Waals surface area contributed by atoms with Gasteiger partial charge in [-0.1, -0.05) is 36.4 Å². The molecule has 2 aromatic rings. The first-order valence-corrected chi connectivity index (χ1v) is 13.0. The highest BCUT2D eigenvalue weighted by molar-refractivity contribution is 7.90. The Kier molecular flexibility index (Phi) is 4.09. The molecule has 2 amide bonds. The Morgan fingerprint density at radius 2 is 1.87 bits per heavy atom. The molecule has 1 aliphatic carbocycles. The normalized spacial score (nSPS) is 33.0. The van der Waals surface area contributed by atoms with Gasteiger partial charge in [0.1, 0.15) is 0 Å². The first-order chi connectivity index (χ1) is 14.9. The zero-order chi connectivity index (χ0) is 21.4. The van der Waals surface area contributed by atoms with Gasteiger partial charge in [-0.25, -0.2) is 13.2 Å². The number of nitrogens with zero attached hydrogens (tertiary/aromatic N) is 2. The number of benzene rings is 2. The summed E-state index contributed by atoms with van der Waals surface area (Å²) in [7, 11) is -3.26. The Morgan fingerprint density at radius 1 is 1.10 bits per heavy atom. The van der Waals surface area contributed by atoms with Crippen molar-refractivity contribution in [1.29, 1.82) is 0 Å². The van der Waals surface area contributed by atoms with Gasteiger partial charge in [0, 0.05) is 25.4 Å². The lowest BCUT2D eigenvalue weighted by molar-refractivity contribution is -0.191. The van der Waals surface area contributed by atoms with E-state index in [9.17, 15) is 13.2 Å². The van der Waals surface area contributed by atoms with Gasteiger partial charge < -0.3 is 10.2 Å². The van der Waals surface area contributed by atoms with Crippen LogP contribution in [0.2, 0.25) is 0 Å². The first-order valence-electron chi connectivity index (χ1n) is 11.1. The first kappa shape index (κ1) is 19.3. The lowest BCUT2D eigenvalue weighted by atomic mass is 9.52. The van der Waals surface area contributed by atoms with Gasteiger partial charge >= 0.3 is 6.03 Å². The van der Waals surface area contributed by atoms with Gasteiger partial charge in [0.15, 0.2) is 9.84 Å². The summed E-state index contributed by atoms with van der Waals surface area (Å²) in [6, 6.07) is 15.6. The molecule has 162 valence electrons. The molecule has 7 heteroatoms. The zero-order valence-electron chi connectivity index (χ0n) is 17.6. The minimum Gasteiger partial charge on any atom is -0.329 e. The topological polar surface area (TPSA) is 69.7 Å². The van der Waals surface area contributed by atoms with E-state index in [1.165, 1.54) is 31.2 Å². The van der Waals surface area contributed by atoms with Crippen LogP contribution in [0.5, 0.6) is 0 Å². The second-order valence-corrected chi connectivity index (χ2v) is 11.6. The number of urea groups is 1. The number of carbonyl (C=O) groups is 1. The summed E-state index contributed by atoms with van der Waals surface area (Å²) in [6.45, 7) is 2.79. The highest BCUT2D eigenvalue weighted by atomic mass is 32.2. The van der Waals surface area contributed by atoms with Crippen molar-refractivity contribution >= 4 is 15.9 Å². The van der Waals surface area contributed by atoms with Crippen LogP contribution in [0, 0.1) is 5.92 Å². The van der Waals surface area contributed by atoms with E-state index >= 15 is 0 Å². The van der Waals surface area contributed by atoms with Crippen molar-refractivity contribution in [3.63, 3.8) is 0 Å². The van der Waals surface area contributed by atoms with Crippen LogP contribution < -0.4 is 5.32 Å². The quantitative estimate of drug-likeness (QED) is 0.801. The van der Waals surface area contributed by atoms with Gasteiger partial charge in [0.25, 0.3) is 0 Å². The van der Waals surface area contributed by atoms with Crippen LogP contribution >= 0.6 is 0 Å². The molecule has 7 rings (SSSR count). The molecule has 4 aliphatic heterocycles. The van der Waals surface area contributed by atoms with Crippen molar-refractivity contribution in [3.8, 4) is 0 Å². The molecular weight excluding hydrogens is 410 g/mol. The summed E-state index contributed by atoms with van der Waals surface area (Å²) in [4.78, 5) is 18.3. The van der Waals surface area contributed by atoms with Gasteiger partial charge in [-0.15, -0.1) is 0 Å². The smallest absolute Gasteiger partial charge is 0.318 e. The van der Waals surface area contributed by atoms with Crippen molar-refractivity contribution in [2.45, 2.75) is 41.8 Å². The molecular formula is C24H27N3O3S. The average Bonchev–Trinajstić information content (AvgIpc) is 2.77. The number of amides is 2. The molecule has 3 unspecified atom stereocenters. The van der Waals surface area contributed by atoms with E-state index in [1.807, 2.05) is 29.2 Å². The molecule has 5 aliphatic rings. The third kappa shape index (κ3) is 2.79. The van der Waals surface area contributed by atoms with Crippen LogP contribution in [0.15, 0.2) is 53.4 Å². The van der Waals surface area contributed by atoms with Gasteiger partial charge in [0.05, 0.1) is 16.5 Å². The van der Waals surface area contributed by atoms with Crippen LogP contribution in [-0.4, -0.2) is 61.7 Å². The Morgan fingerprint density at radius 3 is 2.52 bits per heavy atom. The highest BCUT2D eigenvalue weighted by Crippen LogP contribution is 2.56. The maximum absolute atomic E-state index is 13.6. The number of carbonyl (C=O) groups excluding carboxylic acids is 1. The predicted molar refractivity (Wildman–Crippen MR) is 118 cm³/mol. The fourth-order valence-corrected chi connectivity index (χ4v) is 6.95. The second-order valence-electron chi connectivity index (χ2n) is 9.56. The number of fused-ring (bicyclic) bond motifs is 2. The van der Waals surface area contributed by atoms with Gasteiger partial charge in [0.2, 0.25) is 0 Å². The number of hydrogen-bond acceptors (Lipinski definition) is 4. The molecule has 31 heavy (non-hydrogen) atoms. The highest BCUT2D eigenvalue weighted by Gasteiger charge is 2.68. The predicted octanol–water partition coefficient (Wildman–Crippen LogP) is 2.59. The largest absolute Gasteiger partial charge is 0.329 e. The Labute approximate surface area is 183 Å². The van der Waals surface area contributed by atoms with E-state index in [2.05, 4.69) is 22.3 Å². The van der Waals surface area contributed by atoms with Crippen molar-refractivity contribution in [2.75, 3.05) is 25.9 Å². The molecule has 0 spiro atoms. The number of nitrogens with one attached hydrogen (secondary N) is 1. The van der Waals surface area contributed by atoms with Crippen molar-refractivity contribution in [2.24, 2.45) is 5.92 Å². The third-order valence-corrected chi connectivity index (χ3v) is 9.14. The molecule has 4 heterocycles. The van der Waals surface area contributed by atoms with E-state index < -0.39 is 9.84 Å². The lowest BCUT2D eigenvalue weighted by Crippen LogP contribution is -2.89. The van der Waals surface area contributed by atoms with Crippen LogP contribution in [0.3, 0.4) is 0 Å². The van der Waals surface area contributed by atoms with E-state index in [1.54, 1.807) is 12.1 Å². The Balaban J connectivity index is 1.34. The van der Waals surface area contributed by atoms with Gasteiger partial charge in [-0.3, -0.25) is 4.90 Å².